The lowest BCUT2D eigenvalue weighted by Crippen LogP contribution is -2.37. The third-order valence-electron chi connectivity index (χ3n) is 3.73. The number of amides is 1. The zero-order valence-electron chi connectivity index (χ0n) is 12.5. The summed E-state index contributed by atoms with van der Waals surface area (Å²) in [7, 11) is -0.875. The summed E-state index contributed by atoms with van der Waals surface area (Å²) >= 11 is 0. The van der Waals surface area contributed by atoms with Gasteiger partial charge in [0.1, 0.15) is 0 Å². The SMILES string of the molecule is Cc1c(CS(C)=O)cccc1NC(=O)C1CCCNC1.Cl. The standard InChI is InChI=1S/C15H22N2O2S.ClH/c1-11-13(10-20(2)19)5-3-7-14(11)17-15(18)12-6-4-8-16-9-12;/h3,5,7,12,16H,4,6,8-10H2,1-2H3,(H,17,18);1H. The number of anilines is 1. The van der Waals surface area contributed by atoms with Crippen molar-refractivity contribution in [3.8, 4) is 0 Å². The first kappa shape index (κ1) is 18.1. The summed E-state index contributed by atoms with van der Waals surface area (Å²) in [5, 5.41) is 6.27. The van der Waals surface area contributed by atoms with Crippen LogP contribution >= 0.6 is 12.4 Å². The fraction of sp³-hybridized carbons (Fsp3) is 0.533. The zero-order chi connectivity index (χ0) is 14.5. The number of carbonyl (C=O) groups excluding carboxylic acids is 1. The van der Waals surface area contributed by atoms with Crippen LogP contribution in [-0.2, 0) is 21.3 Å². The number of rotatable bonds is 4. The maximum atomic E-state index is 12.2. The Hall–Kier alpha value is -0.910. The highest BCUT2D eigenvalue weighted by Gasteiger charge is 2.21. The van der Waals surface area contributed by atoms with Gasteiger partial charge in [-0.3, -0.25) is 9.00 Å². The minimum Gasteiger partial charge on any atom is -0.326 e. The molecular formula is C15H23ClN2O2S. The Kier molecular flexibility index (Phi) is 7.35. The molecule has 118 valence electrons. The van der Waals surface area contributed by atoms with E-state index in [-0.39, 0.29) is 24.2 Å². The number of nitrogens with one attached hydrogen (secondary N) is 2. The summed E-state index contributed by atoms with van der Waals surface area (Å²) in [4.78, 5) is 12.2. The van der Waals surface area contributed by atoms with Crippen molar-refractivity contribution in [3.05, 3.63) is 29.3 Å². The van der Waals surface area contributed by atoms with Crippen molar-refractivity contribution in [2.24, 2.45) is 5.92 Å². The van der Waals surface area contributed by atoms with Crippen molar-refractivity contribution in [2.45, 2.75) is 25.5 Å². The van der Waals surface area contributed by atoms with Crippen LogP contribution in [0.1, 0.15) is 24.0 Å². The van der Waals surface area contributed by atoms with E-state index in [1.165, 1.54) is 0 Å². The van der Waals surface area contributed by atoms with Crippen LogP contribution in [0.15, 0.2) is 18.2 Å². The van der Waals surface area contributed by atoms with Crippen LogP contribution in [0.25, 0.3) is 0 Å². The molecule has 0 bridgehead atoms. The Labute approximate surface area is 134 Å². The first-order chi connectivity index (χ1) is 9.58. The van der Waals surface area contributed by atoms with Crippen molar-refractivity contribution in [2.75, 3.05) is 24.7 Å². The van der Waals surface area contributed by atoms with Gasteiger partial charge in [0.25, 0.3) is 0 Å². The molecule has 2 atom stereocenters. The van der Waals surface area contributed by atoms with E-state index in [4.69, 9.17) is 0 Å². The molecule has 2 N–H and O–H groups in total. The number of carbonyl (C=O) groups is 1. The maximum Gasteiger partial charge on any atom is 0.228 e. The predicted octanol–water partition coefficient (Wildman–Crippen LogP) is 2.23. The van der Waals surface area contributed by atoms with Crippen LogP contribution in [0.4, 0.5) is 5.69 Å². The second kappa shape index (κ2) is 8.51. The molecule has 0 aromatic heterocycles. The molecule has 1 heterocycles. The lowest BCUT2D eigenvalue weighted by atomic mass is 9.98. The molecule has 0 aliphatic carbocycles. The molecule has 0 spiro atoms. The summed E-state index contributed by atoms with van der Waals surface area (Å²) in [6, 6.07) is 5.78. The van der Waals surface area contributed by atoms with Crippen LogP contribution in [0.2, 0.25) is 0 Å². The van der Waals surface area contributed by atoms with E-state index in [1.54, 1.807) is 6.26 Å². The van der Waals surface area contributed by atoms with Crippen molar-refractivity contribution in [3.63, 3.8) is 0 Å². The van der Waals surface area contributed by atoms with Crippen LogP contribution in [0, 0.1) is 12.8 Å². The highest BCUT2D eigenvalue weighted by atomic mass is 35.5. The Balaban J connectivity index is 0.00000220. The van der Waals surface area contributed by atoms with Crippen molar-refractivity contribution >= 4 is 34.8 Å². The highest BCUT2D eigenvalue weighted by molar-refractivity contribution is 7.83. The summed E-state index contributed by atoms with van der Waals surface area (Å²) < 4.78 is 11.4. The third kappa shape index (κ3) is 5.09. The van der Waals surface area contributed by atoms with E-state index in [1.807, 2.05) is 25.1 Å². The van der Waals surface area contributed by atoms with Gasteiger partial charge in [-0.05, 0) is 43.5 Å². The zero-order valence-corrected chi connectivity index (χ0v) is 14.1. The Morgan fingerprint density at radius 1 is 1.48 bits per heavy atom. The molecular weight excluding hydrogens is 308 g/mol. The number of hydrogen-bond donors (Lipinski definition) is 2. The Morgan fingerprint density at radius 2 is 2.24 bits per heavy atom. The fourth-order valence-corrected chi connectivity index (χ4v) is 3.26. The second-order valence-corrected chi connectivity index (χ2v) is 6.77. The summed E-state index contributed by atoms with van der Waals surface area (Å²) in [5.74, 6) is 0.655. The first-order valence-electron chi connectivity index (χ1n) is 6.98. The van der Waals surface area contributed by atoms with Crippen LogP contribution in [-0.4, -0.2) is 29.5 Å². The summed E-state index contributed by atoms with van der Waals surface area (Å²) in [6.45, 7) is 3.72. The fourth-order valence-electron chi connectivity index (χ4n) is 2.50. The van der Waals surface area contributed by atoms with Crippen molar-refractivity contribution in [1.29, 1.82) is 0 Å². The van der Waals surface area contributed by atoms with Gasteiger partial charge >= 0.3 is 0 Å². The Bertz CT molecular complexity index is 516. The molecule has 0 saturated carbocycles. The van der Waals surface area contributed by atoms with Gasteiger partial charge in [0.2, 0.25) is 5.91 Å². The molecule has 1 amide bonds. The molecule has 1 aliphatic heterocycles. The van der Waals surface area contributed by atoms with Crippen molar-refractivity contribution in [1.82, 2.24) is 5.32 Å². The van der Waals surface area contributed by atoms with Gasteiger partial charge < -0.3 is 10.6 Å². The molecule has 1 aromatic rings. The van der Waals surface area contributed by atoms with Crippen molar-refractivity contribution < 1.29 is 9.00 Å². The van der Waals surface area contributed by atoms with E-state index in [9.17, 15) is 9.00 Å². The Morgan fingerprint density at radius 3 is 2.86 bits per heavy atom. The van der Waals surface area contributed by atoms with E-state index < -0.39 is 10.8 Å². The number of halogens is 1. The number of benzene rings is 1. The maximum absolute atomic E-state index is 12.2. The van der Waals surface area contributed by atoms with Crippen LogP contribution in [0.5, 0.6) is 0 Å². The molecule has 1 aromatic carbocycles. The third-order valence-corrected chi connectivity index (χ3v) is 4.45. The second-order valence-electron chi connectivity index (χ2n) is 5.34. The first-order valence-corrected chi connectivity index (χ1v) is 8.70. The average molecular weight is 331 g/mol. The van der Waals surface area contributed by atoms with Gasteiger partial charge in [-0.15, -0.1) is 12.4 Å². The molecule has 4 nitrogen and oxygen atoms in total. The summed E-state index contributed by atoms with van der Waals surface area (Å²) in [5.41, 5.74) is 2.88. The molecule has 2 unspecified atom stereocenters. The topological polar surface area (TPSA) is 58.2 Å². The number of hydrogen-bond acceptors (Lipinski definition) is 3. The van der Waals surface area contributed by atoms with E-state index in [2.05, 4.69) is 10.6 Å². The molecule has 1 saturated heterocycles. The van der Waals surface area contributed by atoms with Gasteiger partial charge in [-0.2, -0.15) is 0 Å². The lowest BCUT2D eigenvalue weighted by Gasteiger charge is -2.22. The van der Waals surface area contributed by atoms with E-state index in [0.29, 0.717) is 5.75 Å². The monoisotopic (exact) mass is 330 g/mol. The smallest absolute Gasteiger partial charge is 0.228 e. The van der Waals surface area contributed by atoms with Gasteiger partial charge in [-0.25, -0.2) is 0 Å². The molecule has 6 heteroatoms. The van der Waals surface area contributed by atoms with Crippen LogP contribution in [0.3, 0.4) is 0 Å². The molecule has 2 rings (SSSR count). The molecule has 1 fully saturated rings. The number of piperidine rings is 1. The average Bonchev–Trinajstić information content (AvgIpc) is 2.43. The van der Waals surface area contributed by atoms with Gasteiger partial charge in [-0.1, -0.05) is 12.1 Å². The summed E-state index contributed by atoms with van der Waals surface area (Å²) in [6.07, 6.45) is 3.68. The normalized spacial score (nSPS) is 19.4. The van der Waals surface area contributed by atoms with Gasteiger partial charge in [0.05, 0.1) is 5.92 Å². The van der Waals surface area contributed by atoms with E-state index in [0.717, 1.165) is 42.7 Å². The van der Waals surface area contributed by atoms with Crippen LogP contribution < -0.4 is 10.6 Å². The van der Waals surface area contributed by atoms with Gasteiger partial charge in [0.15, 0.2) is 0 Å². The lowest BCUT2D eigenvalue weighted by molar-refractivity contribution is -0.120. The largest absolute Gasteiger partial charge is 0.326 e. The van der Waals surface area contributed by atoms with E-state index >= 15 is 0 Å². The minimum atomic E-state index is -0.875. The van der Waals surface area contributed by atoms with Gasteiger partial charge in [0, 0.05) is 35.0 Å². The highest BCUT2D eigenvalue weighted by Crippen LogP contribution is 2.21. The molecule has 1 aliphatic rings. The minimum absolute atomic E-state index is 0. The quantitative estimate of drug-likeness (QED) is 0.890. The molecule has 21 heavy (non-hydrogen) atoms. The predicted molar refractivity (Wildman–Crippen MR) is 90.4 cm³/mol. The molecule has 0 radical (unpaired) electrons.